The van der Waals surface area contributed by atoms with Gasteiger partial charge in [-0.2, -0.15) is 0 Å². The summed E-state index contributed by atoms with van der Waals surface area (Å²) in [5.41, 5.74) is -1.39. The van der Waals surface area contributed by atoms with E-state index in [2.05, 4.69) is 5.32 Å². The van der Waals surface area contributed by atoms with E-state index < -0.39 is 17.2 Å². The molecule has 0 radical (unpaired) electrons. The van der Waals surface area contributed by atoms with Gasteiger partial charge in [0.25, 0.3) is 0 Å². The number of amides is 2. The molecule has 1 saturated heterocycles. The third-order valence-electron chi connectivity index (χ3n) is 2.83. The molecule has 0 aromatic rings. The van der Waals surface area contributed by atoms with Crippen molar-refractivity contribution in [2.45, 2.75) is 38.3 Å². The van der Waals surface area contributed by atoms with Crippen LogP contribution in [0.25, 0.3) is 0 Å². The molecule has 19 heavy (non-hydrogen) atoms. The number of likely N-dealkylation sites (tertiary alicyclic amines) is 1. The largest absolute Gasteiger partial charge is 0.444 e. The molecule has 0 aromatic heterocycles. The Morgan fingerprint density at radius 1 is 1.47 bits per heavy atom. The van der Waals surface area contributed by atoms with E-state index in [0.29, 0.717) is 13.0 Å². The molecule has 0 bridgehead atoms. The molecule has 6 nitrogen and oxygen atoms in total. The number of aliphatic hydroxyl groups excluding tert-OH is 1. The van der Waals surface area contributed by atoms with E-state index in [1.165, 1.54) is 4.90 Å². The summed E-state index contributed by atoms with van der Waals surface area (Å²) in [6.45, 7) is 5.77. The molecule has 1 heterocycles. The Morgan fingerprint density at radius 3 is 2.58 bits per heavy atom. The van der Waals surface area contributed by atoms with Crippen LogP contribution in [-0.4, -0.2) is 58.7 Å². The highest BCUT2D eigenvalue weighted by Gasteiger charge is 2.41. The molecule has 7 heteroatoms. The summed E-state index contributed by atoms with van der Waals surface area (Å²) in [5.74, 6) is -0.532. The van der Waals surface area contributed by atoms with E-state index in [-0.39, 0.29) is 24.9 Å². The second-order valence-electron chi connectivity index (χ2n) is 5.77. The maximum atomic E-state index is 11.9. The minimum absolute atomic E-state index is 0.172. The van der Waals surface area contributed by atoms with Crippen molar-refractivity contribution in [2.75, 3.05) is 25.6 Å². The number of aliphatic hydroxyl groups is 1. The quantitative estimate of drug-likeness (QED) is 0.751. The average Bonchev–Trinajstić information content (AvgIpc) is 2.72. The van der Waals surface area contributed by atoms with Gasteiger partial charge in [-0.25, -0.2) is 4.79 Å². The third kappa shape index (κ3) is 4.54. The Kier molecular flexibility index (Phi) is 5.04. The van der Waals surface area contributed by atoms with E-state index in [1.807, 2.05) is 0 Å². The second-order valence-corrected chi connectivity index (χ2v) is 6.04. The van der Waals surface area contributed by atoms with Gasteiger partial charge < -0.3 is 20.1 Å². The van der Waals surface area contributed by atoms with E-state index in [1.54, 1.807) is 20.8 Å². The average molecular weight is 293 g/mol. The number of nitrogens with one attached hydrogen (secondary N) is 1. The SMILES string of the molecule is CC(C)(C)OC(=O)N1CCC(CO)(NC(=O)CCl)C1. The van der Waals surface area contributed by atoms with Gasteiger partial charge in [0.2, 0.25) is 5.91 Å². The molecule has 110 valence electrons. The molecule has 1 atom stereocenters. The van der Waals surface area contributed by atoms with Gasteiger partial charge in [0.05, 0.1) is 12.1 Å². The first kappa shape index (κ1) is 16.0. The van der Waals surface area contributed by atoms with Crippen LogP contribution in [0.1, 0.15) is 27.2 Å². The summed E-state index contributed by atoms with van der Waals surface area (Å²) < 4.78 is 5.26. The normalized spacial score (nSPS) is 23.3. The topological polar surface area (TPSA) is 78.9 Å². The monoisotopic (exact) mass is 292 g/mol. The molecular weight excluding hydrogens is 272 g/mol. The molecule has 1 rings (SSSR count). The first-order valence-electron chi connectivity index (χ1n) is 6.17. The van der Waals surface area contributed by atoms with Crippen LogP contribution in [0, 0.1) is 0 Å². The second kappa shape index (κ2) is 5.96. The standard InChI is InChI=1S/C12H21ClN2O4/c1-11(2,3)19-10(18)15-5-4-12(7-15,8-16)14-9(17)6-13/h16H,4-8H2,1-3H3,(H,14,17). The zero-order valence-electron chi connectivity index (χ0n) is 11.5. The lowest BCUT2D eigenvalue weighted by Crippen LogP contribution is -2.54. The highest BCUT2D eigenvalue weighted by atomic mass is 35.5. The van der Waals surface area contributed by atoms with Gasteiger partial charge in [-0.05, 0) is 27.2 Å². The zero-order valence-corrected chi connectivity index (χ0v) is 12.3. The lowest BCUT2D eigenvalue weighted by Gasteiger charge is -2.29. The predicted molar refractivity (Wildman–Crippen MR) is 71.1 cm³/mol. The van der Waals surface area contributed by atoms with E-state index in [4.69, 9.17) is 16.3 Å². The molecule has 0 saturated carbocycles. The number of hydrogen-bond acceptors (Lipinski definition) is 4. The number of nitrogens with zero attached hydrogens (tertiary/aromatic N) is 1. The number of carbonyl (C=O) groups is 2. The van der Waals surface area contributed by atoms with Crippen LogP contribution in [0.3, 0.4) is 0 Å². The molecule has 0 aliphatic carbocycles. The number of alkyl halides is 1. The third-order valence-corrected chi connectivity index (χ3v) is 3.08. The smallest absolute Gasteiger partial charge is 0.410 e. The summed E-state index contributed by atoms with van der Waals surface area (Å²) in [6, 6.07) is 0. The van der Waals surface area contributed by atoms with Gasteiger partial charge in [0.1, 0.15) is 11.5 Å². The van der Waals surface area contributed by atoms with Crippen LogP contribution < -0.4 is 5.32 Å². The molecular formula is C12H21ClN2O4. The Labute approximate surface area is 118 Å². The van der Waals surface area contributed by atoms with Gasteiger partial charge in [-0.1, -0.05) is 0 Å². The fraction of sp³-hybridized carbons (Fsp3) is 0.833. The molecule has 2 N–H and O–H groups in total. The molecule has 0 spiro atoms. The summed E-state index contributed by atoms with van der Waals surface area (Å²) in [5, 5.41) is 12.1. The van der Waals surface area contributed by atoms with Crippen LogP contribution in [0.15, 0.2) is 0 Å². The van der Waals surface area contributed by atoms with Crippen molar-refractivity contribution in [1.82, 2.24) is 10.2 Å². The Balaban J connectivity index is 2.64. The van der Waals surface area contributed by atoms with Gasteiger partial charge in [0.15, 0.2) is 0 Å². The minimum atomic E-state index is -0.817. The van der Waals surface area contributed by atoms with Crippen LogP contribution in [0.2, 0.25) is 0 Å². The molecule has 1 aliphatic heterocycles. The van der Waals surface area contributed by atoms with Crippen molar-refractivity contribution in [3.05, 3.63) is 0 Å². The lowest BCUT2D eigenvalue weighted by atomic mass is 10.00. The fourth-order valence-corrected chi connectivity index (χ4v) is 2.02. The summed E-state index contributed by atoms with van der Waals surface area (Å²) in [7, 11) is 0. The van der Waals surface area contributed by atoms with Gasteiger partial charge in [0, 0.05) is 13.1 Å². The maximum absolute atomic E-state index is 11.9. The molecule has 1 unspecified atom stereocenters. The molecule has 2 amide bonds. The van der Waals surface area contributed by atoms with Crippen LogP contribution in [-0.2, 0) is 9.53 Å². The molecule has 1 aliphatic rings. The van der Waals surface area contributed by atoms with E-state index in [9.17, 15) is 14.7 Å². The summed E-state index contributed by atoms with van der Waals surface area (Å²) in [6.07, 6.45) is 0.0358. The van der Waals surface area contributed by atoms with Crippen molar-refractivity contribution in [1.29, 1.82) is 0 Å². The number of rotatable bonds is 3. The van der Waals surface area contributed by atoms with Crippen LogP contribution in [0.4, 0.5) is 4.79 Å². The van der Waals surface area contributed by atoms with Crippen molar-refractivity contribution >= 4 is 23.6 Å². The van der Waals surface area contributed by atoms with Crippen LogP contribution >= 0.6 is 11.6 Å². The number of ether oxygens (including phenoxy) is 1. The Bertz CT molecular complexity index is 356. The predicted octanol–water partition coefficient (Wildman–Crippen LogP) is 0.713. The fourth-order valence-electron chi connectivity index (χ4n) is 1.95. The van der Waals surface area contributed by atoms with Crippen LogP contribution in [0.5, 0.6) is 0 Å². The van der Waals surface area contributed by atoms with Crippen molar-refractivity contribution in [3.8, 4) is 0 Å². The number of carbonyl (C=O) groups excluding carboxylic acids is 2. The Morgan fingerprint density at radius 2 is 2.11 bits per heavy atom. The van der Waals surface area contributed by atoms with Crippen molar-refractivity contribution in [3.63, 3.8) is 0 Å². The zero-order chi connectivity index (χ0) is 14.7. The first-order chi connectivity index (χ1) is 8.71. The maximum Gasteiger partial charge on any atom is 0.410 e. The first-order valence-corrected chi connectivity index (χ1v) is 6.70. The molecule has 0 aromatic carbocycles. The molecule has 1 fully saturated rings. The van der Waals surface area contributed by atoms with E-state index >= 15 is 0 Å². The lowest BCUT2D eigenvalue weighted by molar-refractivity contribution is -0.121. The number of halogens is 1. The van der Waals surface area contributed by atoms with E-state index in [0.717, 1.165) is 0 Å². The summed E-state index contributed by atoms with van der Waals surface area (Å²) >= 11 is 5.44. The van der Waals surface area contributed by atoms with Gasteiger partial charge in [-0.3, -0.25) is 4.79 Å². The highest BCUT2D eigenvalue weighted by molar-refractivity contribution is 6.27. The summed E-state index contributed by atoms with van der Waals surface area (Å²) in [4.78, 5) is 24.7. The number of hydrogen-bond donors (Lipinski definition) is 2. The highest BCUT2D eigenvalue weighted by Crippen LogP contribution is 2.23. The van der Waals surface area contributed by atoms with Crippen molar-refractivity contribution in [2.24, 2.45) is 0 Å². The minimum Gasteiger partial charge on any atom is -0.444 e. The van der Waals surface area contributed by atoms with Crippen molar-refractivity contribution < 1.29 is 19.4 Å². The van der Waals surface area contributed by atoms with Gasteiger partial charge >= 0.3 is 6.09 Å². The van der Waals surface area contributed by atoms with Gasteiger partial charge in [-0.15, -0.1) is 11.6 Å². The Hall–Kier alpha value is -1.01.